The largest absolute Gasteiger partial charge is 0.405 e. The third kappa shape index (κ3) is 2.96. The Morgan fingerprint density at radius 2 is 1.17 bits per heavy atom. The van der Waals surface area contributed by atoms with Crippen molar-refractivity contribution in [3.63, 3.8) is 0 Å². The Kier molecular flexibility index (Phi) is 4.55. The predicted molar refractivity (Wildman–Crippen MR) is 114 cm³/mol. The van der Waals surface area contributed by atoms with Gasteiger partial charge in [0.05, 0.1) is 0 Å². The molecular weight excluding hydrogens is 374 g/mol. The van der Waals surface area contributed by atoms with Crippen molar-refractivity contribution in [1.29, 1.82) is 0 Å². The number of cyclic esters (lactones) is 1. The molecule has 0 bridgehead atoms. The van der Waals surface area contributed by atoms with Gasteiger partial charge in [0.2, 0.25) is 5.90 Å². The Morgan fingerprint density at radius 3 is 1.67 bits per heavy atom. The SMILES string of the molecule is O=C1C[C@H](c2ccccc2)C2(N=C(c3ccccc3)OC2=O)[C@@H](c2ccccc2)C1. The highest BCUT2D eigenvalue weighted by molar-refractivity contribution is 6.09. The number of Topliss-reactive ketones (excluding diaryl/α,β-unsaturated/α-hetero) is 1. The van der Waals surface area contributed by atoms with Crippen molar-refractivity contribution in [2.75, 3.05) is 0 Å². The van der Waals surface area contributed by atoms with Crippen LogP contribution in [-0.2, 0) is 14.3 Å². The van der Waals surface area contributed by atoms with E-state index in [-0.39, 0.29) is 36.4 Å². The van der Waals surface area contributed by atoms with E-state index in [1.807, 2.05) is 91.0 Å². The Morgan fingerprint density at radius 1 is 0.700 bits per heavy atom. The predicted octanol–water partition coefficient (Wildman–Crippen LogP) is 4.66. The lowest BCUT2D eigenvalue weighted by Crippen LogP contribution is -2.50. The van der Waals surface area contributed by atoms with Crippen molar-refractivity contribution < 1.29 is 14.3 Å². The molecular formula is C26H21NO3. The van der Waals surface area contributed by atoms with Crippen LogP contribution in [0.5, 0.6) is 0 Å². The van der Waals surface area contributed by atoms with Crippen molar-refractivity contribution in [3.8, 4) is 0 Å². The first-order valence-electron chi connectivity index (χ1n) is 10.2. The van der Waals surface area contributed by atoms with Crippen molar-refractivity contribution in [2.45, 2.75) is 30.2 Å². The second kappa shape index (κ2) is 7.38. The molecule has 5 rings (SSSR count). The normalized spacial score (nSPS) is 22.6. The Bertz CT molecular complexity index is 1060. The molecule has 4 nitrogen and oxygen atoms in total. The molecule has 0 amide bonds. The third-order valence-corrected chi connectivity index (χ3v) is 6.15. The zero-order chi connectivity index (χ0) is 20.6. The summed E-state index contributed by atoms with van der Waals surface area (Å²) >= 11 is 0. The number of nitrogens with zero attached hydrogens (tertiary/aromatic N) is 1. The summed E-state index contributed by atoms with van der Waals surface area (Å²) < 4.78 is 5.78. The molecule has 30 heavy (non-hydrogen) atoms. The molecule has 2 aliphatic rings. The maximum absolute atomic E-state index is 13.6. The van der Waals surface area contributed by atoms with Gasteiger partial charge in [0.1, 0.15) is 5.78 Å². The van der Waals surface area contributed by atoms with Gasteiger partial charge in [-0.05, 0) is 23.3 Å². The molecule has 4 heteroatoms. The van der Waals surface area contributed by atoms with E-state index in [0.29, 0.717) is 5.90 Å². The average Bonchev–Trinajstić information content (AvgIpc) is 3.14. The van der Waals surface area contributed by atoms with E-state index in [2.05, 4.69) is 0 Å². The second-order valence-electron chi connectivity index (χ2n) is 7.87. The van der Waals surface area contributed by atoms with E-state index in [4.69, 9.17) is 9.73 Å². The molecule has 0 saturated heterocycles. The third-order valence-electron chi connectivity index (χ3n) is 6.15. The van der Waals surface area contributed by atoms with Crippen molar-refractivity contribution in [3.05, 3.63) is 108 Å². The summed E-state index contributed by atoms with van der Waals surface area (Å²) in [6.45, 7) is 0. The molecule has 1 aliphatic carbocycles. The van der Waals surface area contributed by atoms with Crippen LogP contribution >= 0.6 is 0 Å². The fourth-order valence-electron chi connectivity index (χ4n) is 4.76. The monoisotopic (exact) mass is 395 g/mol. The number of ketones is 1. The molecule has 1 saturated carbocycles. The van der Waals surface area contributed by atoms with Crippen LogP contribution in [0.25, 0.3) is 0 Å². The highest BCUT2D eigenvalue weighted by Crippen LogP contribution is 2.53. The minimum atomic E-state index is -1.16. The maximum Gasteiger partial charge on any atom is 0.342 e. The Labute approximate surface area is 175 Å². The minimum Gasteiger partial charge on any atom is -0.405 e. The first-order valence-corrected chi connectivity index (χ1v) is 10.2. The highest BCUT2D eigenvalue weighted by Gasteiger charge is 2.60. The van der Waals surface area contributed by atoms with Gasteiger partial charge in [0, 0.05) is 30.2 Å². The number of hydrogen-bond donors (Lipinski definition) is 0. The van der Waals surface area contributed by atoms with Crippen molar-refractivity contribution in [2.24, 2.45) is 4.99 Å². The molecule has 1 aliphatic heterocycles. The smallest absolute Gasteiger partial charge is 0.342 e. The summed E-state index contributed by atoms with van der Waals surface area (Å²) in [6.07, 6.45) is 0.544. The summed E-state index contributed by atoms with van der Waals surface area (Å²) in [5.41, 5.74) is 1.46. The number of carbonyl (C=O) groups excluding carboxylic acids is 2. The van der Waals surface area contributed by atoms with Crippen molar-refractivity contribution >= 4 is 17.7 Å². The van der Waals surface area contributed by atoms with Crippen LogP contribution in [0.3, 0.4) is 0 Å². The van der Waals surface area contributed by atoms with E-state index >= 15 is 0 Å². The summed E-state index contributed by atoms with van der Waals surface area (Å²) in [5, 5.41) is 0. The number of esters is 1. The average molecular weight is 395 g/mol. The summed E-state index contributed by atoms with van der Waals surface area (Å²) in [7, 11) is 0. The van der Waals surface area contributed by atoms with Gasteiger partial charge in [-0.3, -0.25) is 4.79 Å². The molecule has 3 aromatic rings. The number of hydrogen-bond acceptors (Lipinski definition) is 4. The summed E-state index contributed by atoms with van der Waals surface area (Å²) in [4.78, 5) is 31.4. The van der Waals surface area contributed by atoms with Gasteiger partial charge in [-0.1, -0.05) is 78.9 Å². The molecule has 0 N–H and O–H groups in total. The van der Waals surface area contributed by atoms with Gasteiger partial charge in [-0.25, -0.2) is 9.79 Å². The molecule has 1 spiro atoms. The van der Waals surface area contributed by atoms with E-state index in [1.54, 1.807) is 0 Å². The minimum absolute atomic E-state index is 0.138. The lowest BCUT2D eigenvalue weighted by atomic mass is 9.61. The summed E-state index contributed by atoms with van der Waals surface area (Å²) in [6, 6.07) is 28.9. The molecule has 0 radical (unpaired) electrons. The Hall–Kier alpha value is -3.53. The topological polar surface area (TPSA) is 55.7 Å². The fraction of sp³-hybridized carbons (Fsp3) is 0.192. The first kappa shape index (κ1) is 18.5. The van der Waals surface area contributed by atoms with E-state index in [1.165, 1.54) is 0 Å². The van der Waals surface area contributed by atoms with Gasteiger partial charge in [0.25, 0.3) is 0 Å². The highest BCUT2D eigenvalue weighted by atomic mass is 16.6. The number of aliphatic imine (C=N–C) groups is 1. The van der Waals surface area contributed by atoms with Crippen molar-refractivity contribution in [1.82, 2.24) is 0 Å². The van der Waals surface area contributed by atoms with Crippen LogP contribution in [0.2, 0.25) is 0 Å². The molecule has 1 heterocycles. The molecule has 2 atom stereocenters. The quantitative estimate of drug-likeness (QED) is 0.606. The lowest BCUT2D eigenvalue weighted by molar-refractivity contribution is -0.143. The van der Waals surface area contributed by atoms with Gasteiger partial charge < -0.3 is 4.74 Å². The fourth-order valence-corrected chi connectivity index (χ4v) is 4.76. The van der Waals surface area contributed by atoms with Crippen LogP contribution in [0.15, 0.2) is 96.0 Å². The van der Waals surface area contributed by atoms with Crippen LogP contribution in [0.1, 0.15) is 41.4 Å². The first-order chi connectivity index (χ1) is 14.7. The van der Waals surface area contributed by atoms with Crippen LogP contribution in [0.4, 0.5) is 0 Å². The zero-order valence-electron chi connectivity index (χ0n) is 16.4. The van der Waals surface area contributed by atoms with Crippen LogP contribution in [0, 0.1) is 0 Å². The molecule has 1 fully saturated rings. The number of benzene rings is 3. The van der Waals surface area contributed by atoms with Gasteiger partial charge >= 0.3 is 5.97 Å². The zero-order valence-corrected chi connectivity index (χ0v) is 16.4. The number of rotatable bonds is 3. The standard InChI is InChI=1S/C26H21NO3/c28-21-16-22(18-10-4-1-5-11-18)26(23(17-21)19-12-6-2-7-13-19)25(29)30-24(27-26)20-14-8-3-9-15-20/h1-15,22-23H,16-17H2/t22-,23-/m1/s1. The van der Waals surface area contributed by atoms with E-state index in [0.717, 1.165) is 16.7 Å². The molecule has 0 unspecified atom stereocenters. The maximum atomic E-state index is 13.6. The number of carbonyl (C=O) groups is 2. The second-order valence-corrected chi connectivity index (χ2v) is 7.87. The molecule has 0 aromatic heterocycles. The van der Waals surface area contributed by atoms with Crippen LogP contribution < -0.4 is 0 Å². The molecule has 148 valence electrons. The lowest BCUT2D eigenvalue weighted by Gasteiger charge is -2.42. The number of ether oxygens (including phenoxy) is 1. The Balaban J connectivity index is 1.72. The van der Waals surface area contributed by atoms with Gasteiger partial charge in [-0.2, -0.15) is 0 Å². The molecule has 3 aromatic carbocycles. The van der Waals surface area contributed by atoms with Crippen LogP contribution in [-0.4, -0.2) is 23.2 Å². The van der Waals surface area contributed by atoms with E-state index < -0.39 is 5.54 Å². The van der Waals surface area contributed by atoms with Gasteiger partial charge in [0.15, 0.2) is 5.54 Å². The van der Waals surface area contributed by atoms with Gasteiger partial charge in [-0.15, -0.1) is 0 Å². The summed E-state index contributed by atoms with van der Waals surface area (Å²) in [5.74, 6) is -0.661. The van der Waals surface area contributed by atoms with E-state index in [9.17, 15) is 9.59 Å².